The monoisotopic (exact) mass is 417 g/mol. The number of rotatable bonds is 6. The summed E-state index contributed by atoms with van der Waals surface area (Å²) in [6, 6.07) is 13.9. The van der Waals surface area contributed by atoms with Gasteiger partial charge in [0.2, 0.25) is 0 Å². The normalized spacial score (nSPS) is 12.0. The second kappa shape index (κ2) is 8.11. The summed E-state index contributed by atoms with van der Waals surface area (Å²) < 4.78 is 3.50. The molecule has 0 spiro atoms. The number of aryl methyl sites for hydroxylation is 2. The van der Waals surface area contributed by atoms with Crippen molar-refractivity contribution in [2.75, 3.05) is 10.3 Å². The lowest BCUT2D eigenvalue weighted by molar-refractivity contribution is 0.748. The van der Waals surface area contributed by atoms with Crippen LogP contribution in [0.4, 0.5) is 17.3 Å². The molecule has 0 aliphatic rings. The van der Waals surface area contributed by atoms with Gasteiger partial charge in [0, 0.05) is 43.7 Å². The largest absolute Gasteiger partial charge is 0.401 e. The molecule has 4 rings (SSSR count). The third kappa shape index (κ3) is 4.08. The minimum Gasteiger partial charge on any atom is -0.401 e. The van der Waals surface area contributed by atoms with E-state index in [9.17, 15) is 0 Å². The fraction of sp³-hybridized carbons (Fsp3) is 0.227. The van der Waals surface area contributed by atoms with E-state index >= 15 is 0 Å². The maximum absolute atomic E-state index is 6.35. The number of aromatic nitrogens is 5. The zero-order valence-corrected chi connectivity index (χ0v) is 18.1. The smallest absolute Gasteiger partial charge is 0.162 e. The van der Waals surface area contributed by atoms with Crippen LogP contribution >= 0.6 is 0 Å². The number of benzene rings is 1. The highest BCUT2D eigenvalue weighted by molar-refractivity contribution is 5.92. The average Bonchev–Trinajstić information content (AvgIpc) is 3.31. The van der Waals surface area contributed by atoms with Gasteiger partial charge in [0.15, 0.2) is 5.65 Å². The van der Waals surface area contributed by atoms with Gasteiger partial charge in [0.05, 0.1) is 23.0 Å². The molecule has 1 aromatic carbocycles. The molecule has 5 N–H and O–H groups in total. The van der Waals surface area contributed by atoms with Crippen molar-refractivity contribution in [3.63, 3.8) is 0 Å². The molecular formula is C22H27N9. The van der Waals surface area contributed by atoms with Crippen molar-refractivity contribution in [1.82, 2.24) is 24.5 Å². The SMILES string of the molecule is CC(C)/C(N)=C/N(N)c1cc(Nc2cc(-c3ccccc3)nn2C)nc2c1cnn2C. The summed E-state index contributed by atoms with van der Waals surface area (Å²) in [5, 5.41) is 14.7. The fourth-order valence-electron chi connectivity index (χ4n) is 3.22. The number of nitrogens with two attached hydrogens (primary N) is 2. The van der Waals surface area contributed by atoms with Crippen molar-refractivity contribution >= 4 is 28.4 Å². The van der Waals surface area contributed by atoms with Crippen molar-refractivity contribution in [3.8, 4) is 11.3 Å². The molecule has 4 aromatic rings. The molecule has 0 amide bonds. The maximum atomic E-state index is 6.35. The molecule has 0 bridgehead atoms. The molecule has 31 heavy (non-hydrogen) atoms. The molecule has 0 atom stereocenters. The highest BCUT2D eigenvalue weighted by atomic mass is 15.4. The molecule has 160 valence electrons. The van der Waals surface area contributed by atoms with E-state index < -0.39 is 0 Å². The molecule has 0 aliphatic carbocycles. The number of fused-ring (bicyclic) bond motifs is 1. The van der Waals surface area contributed by atoms with E-state index in [2.05, 4.69) is 15.5 Å². The molecule has 3 aromatic heterocycles. The van der Waals surface area contributed by atoms with Crippen LogP contribution in [0.2, 0.25) is 0 Å². The first-order chi connectivity index (χ1) is 14.8. The van der Waals surface area contributed by atoms with Crippen LogP contribution in [-0.2, 0) is 14.1 Å². The van der Waals surface area contributed by atoms with Gasteiger partial charge in [-0.15, -0.1) is 0 Å². The molecule has 0 fully saturated rings. The van der Waals surface area contributed by atoms with Gasteiger partial charge in [-0.1, -0.05) is 44.2 Å². The Bertz CT molecular complexity index is 1230. The van der Waals surface area contributed by atoms with E-state index in [-0.39, 0.29) is 5.92 Å². The van der Waals surface area contributed by atoms with Crippen LogP contribution in [-0.4, -0.2) is 24.5 Å². The van der Waals surface area contributed by atoms with Gasteiger partial charge in [-0.25, -0.2) is 10.8 Å². The first kappa shape index (κ1) is 20.4. The minimum atomic E-state index is 0.181. The summed E-state index contributed by atoms with van der Waals surface area (Å²) in [6.45, 7) is 4.04. The predicted octanol–water partition coefficient (Wildman–Crippen LogP) is 3.25. The van der Waals surface area contributed by atoms with Gasteiger partial charge in [-0.2, -0.15) is 10.2 Å². The minimum absolute atomic E-state index is 0.181. The Hall–Kier alpha value is -3.85. The maximum Gasteiger partial charge on any atom is 0.162 e. The first-order valence-corrected chi connectivity index (χ1v) is 10.0. The van der Waals surface area contributed by atoms with Crippen molar-refractivity contribution in [2.45, 2.75) is 13.8 Å². The zero-order chi connectivity index (χ0) is 22.1. The molecule has 0 radical (unpaired) electrons. The number of allylic oxidation sites excluding steroid dienone is 1. The van der Waals surface area contributed by atoms with E-state index in [0.717, 1.165) is 28.1 Å². The van der Waals surface area contributed by atoms with Crippen molar-refractivity contribution in [1.29, 1.82) is 0 Å². The van der Waals surface area contributed by atoms with Gasteiger partial charge in [0.25, 0.3) is 0 Å². The van der Waals surface area contributed by atoms with Crippen molar-refractivity contribution < 1.29 is 0 Å². The Morgan fingerprint density at radius 2 is 1.87 bits per heavy atom. The quantitative estimate of drug-likeness (QED) is 0.326. The lowest BCUT2D eigenvalue weighted by Crippen LogP contribution is -2.27. The Kier molecular flexibility index (Phi) is 5.35. The molecule has 0 aliphatic heterocycles. The van der Waals surface area contributed by atoms with Crippen LogP contribution in [0.25, 0.3) is 22.3 Å². The number of hydrogen-bond donors (Lipinski definition) is 3. The van der Waals surface area contributed by atoms with Gasteiger partial charge >= 0.3 is 0 Å². The Balaban J connectivity index is 1.73. The van der Waals surface area contributed by atoms with E-state index in [0.29, 0.717) is 17.2 Å². The molecule has 9 nitrogen and oxygen atoms in total. The van der Waals surface area contributed by atoms with Gasteiger partial charge < -0.3 is 11.1 Å². The van der Waals surface area contributed by atoms with E-state index in [4.69, 9.17) is 16.6 Å². The molecule has 0 saturated heterocycles. The summed E-state index contributed by atoms with van der Waals surface area (Å²) in [5.41, 5.74) is 10.2. The summed E-state index contributed by atoms with van der Waals surface area (Å²) in [6.07, 6.45) is 3.48. The third-order valence-electron chi connectivity index (χ3n) is 5.12. The molecule has 9 heteroatoms. The highest BCUT2D eigenvalue weighted by Crippen LogP contribution is 2.30. The summed E-state index contributed by atoms with van der Waals surface area (Å²) in [7, 11) is 3.74. The summed E-state index contributed by atoms with van der Waals surface area (Å²) in [4.78, 5) is 4.72. The second-order valence-electron chi connectivity index (χ2n) is 7.75. The Morgan fingerprint density at radius 3 is 2.58 bits per heavy atom. The standard InChI is InChI=1S/C22H27N9/c1-14(2)17(23)13-31(24)19-11-20(27-22-16(19)12-25-30(22)4)26-21-10-18(28-29(21)3)15-8-6-5-7-9-15/h5-14H,23-24H2,1-4H3,(H,26,27)/b17-13-. The van der Waals surface area contributed by atoms with Crippen molar-refractivity contribution in [2.24, 2.45) is 31.6 Å². The lowest BCUT2D eigenvalue weighted by Gasteiger charge is -2.18. The van der Waals surface area contributed by atoms with Crippen LogP contribution in [0.5, 0.6) is 0 Å². The first-order valence-electron chi connectivity index (χ1n) is 10.0. The van der Waals surface area contributed by atoms with Crippen LogP contribution < -0.4 is 21.9 Å². The van der Waals surface area contributed by atoms with Crippen LogP contribution in [0, 0.1) is 5.92 Å². The Morgan fingerprint density at radius 1 is 1.13 bits per heavy atom. The number of anilines is 3. The number of pyridine rings is 1. The van der Waals surface area contributed by atoms with Crippen LogP contribution in [0.1, 0.15) is 13.8 Å². The van der Waals surface area contributed by atoms with Crippen molar-refractivity contribution in [3.05, 3.63) is 60.6 Å². The predicted molar refractivity (Wildman–Crippen MR) is 124 cm³/mol. The lowest BCUT2D eigenvalue weighted by atomic mass is 10.1. The summed E-state index contributed by atoms with van der Waals surface area (Å²) in [5.74, 6) is 7.96. The van der Waals surface area contributed by atoms with E-state index in [1.165, 1.54) is 5.01 Å². The molecular weight excluding hydrogens is 390 g/mol. The van der Waals surface area contributed by atoms with Gasteiger partial charge in [0.1, 0.15) is 11.6 Å². The number of nitrogens with zero attached hydrogens (tertiary/aromatic N) is 6. The van der Waals surface area contributed by atoms with Crippen LogP contribution in [0.3, 0.4) is 0 Å². The zero-order valence-electron chi connectivity index (χ0n) is 18.1. The molecule has 0 unspecified atom stereocenters. The number of hydrogen-bond acceptors (Lipinski definition) is 7. The molecule has 3 heterocycles. The van der Waals surface area contributed by atoms with Gasteiger partial charge in [-0.05, 0) is 5.92 Å². The molecule has 0 saturated carbocycles. The fourth-order valence-corrected chi connectivity index (χ4v) is 3.22. The Labute approximate surface area is 180 Å². The topological polar surface area (TPSA) is 116 Å². The number of nitrogens with one attached hydrogen (secondary N) is 1. The van der Waals surface area contributed by atoms with Crippen LogP contribution in [0.15, 0.2) is 60.6 Å². The van der Waals surface area contributed by atoms with Gasteiger partial charge in [-0.3, -0.25) is 14.4 Å². The summed E-state index contributed by atoms with van der Waals surface area (Å²) >= 11 is 0. The highest BCUT2D eigenvalue weighted by Gasteiger charge is 2.15. The van der Waals surface area contributed by atoms with E-state index in [1.54, 1.807) is 21.8 Å². The second-order valence-corrected chi connectivity index (χ2v) is 7.75. The van der Waals surface area contributed by atoms with E-state index in [1.807, 2.05) is 70.4 Å². The third-order valence-corrected chi connectivity index (χ3v) is 5.12. The average molecular weight is 418 g/mol. The number of hydrazine groups is 1.